The van der Waals surface area contributed by atoms with Gasteiger partial charge in [0.1, 0.15) is 10.8 Å². The zero-order valence-electron chi connectivity index (χ0n) is 10.6. The lowest BCUT2D eigenvalue weighted by Crippen LogP contribution is -1.99. The Morgan fingerprint density at radius 1 is 1.14 bits per heavy atom. The lowest BCUT2D eigenvalue weighted by molar-refractivity contribution is 0.100. The Hall–Kier alpha value is -1.98. The minimum Gasteiger partial charge on any atom is -0.352 e. The molecule has 4 nitrogen and oxygen atoms in total. The van der Waals surface area contributed by atoms with Crippen molar-refractivity contribution in [2.75, 3.05) is 0 Å². The maximum absolute atomic E-state index is 12.3. The van der Waals surface area contributed by atoms with Gasteiger partial charge in [0, 0.05) is 27.9 Å². The summed E-state index contributed by atoms with van der Waals surface area (Å²) in [5, 5.41) is 4.18. The van der Waals surface area contributed by atoms with Gasteiger partial charge in [-0.3, -0.25) is 4.79 Å². The number of nitrogens with zero attached hydrogens (tertiary/aromatic N) is 2. The van der Waals surface area contributed by atoms with Gasteiger partial charge < -0.3 is 4.52 Å². The number of halogens is 2. The van der Waals surface area contributed by atoms with Crippen molar-refractivity contribution < 1.29 is 9.32 Å². The van der Waals surface area contributed by atoms with E-state index in [-0.39, 0.29) is 16.7 Å². The van der Waals surface area contributed by atoms with E-state index in [9.17, 15) is 4.79 Å². The molecule has 0 aliphatic rings. The van der Waals surface area contributed by atoms with Gasteiger partial charge in [0.25, 0.3) is 0 Å². The van der Waals surface area contributed by atoms with Crippen molar-refractivity contribution in [1.29, 1.82) is 0 Å². The fourth-order valence-corrected chi connectivity index (χ4v) is 2.26. The van der Waals surface area contributed by atoms with E-state index in [1.54, 1.807) is 12.1 Å². The first-order chi connectivity index (χ1) is 10.1. The first-order valence-electron chi connectivity index (χ1n) is 6.02. The van der Waals surface area contributed by atoms with Gasteiger partial charge in [-0.2, -0.15) is 0 Å². The first kappa shape index (κ1) is 14.0. The van der Waals surface area contributed by atoms with Crippen molar-refractivity contribution in [3.05, 3.63) is 69.6 Å². The van der Waals surface area contributed by atoms with Gasteiger partial charge in [-0.15, -0.1) is 0 Å². The standard InChI is InChI=1S/C15H8BrClN2O2/c16-11-3-1-9(2-4-11)12-8-13(21-19-12)15(20)10-5-6-18-14(17)7-10/h1-8H. The highest BCUT2D eigenvalue weighted by Gasteiger charge is 2.16. The van der Waals surface area contributed by atoms with E-state index in [0.717, 1.165) is 10.0 Å². The summed E-state index contributed by atoms with van der Waals surface area (Å²) >= 11 is 9.15. The number of ketones is 1. The second-order valence-corrected chi connectivity index (χ2v) is 5.58. The Kier molecular flexibility index (Phi) is 3.86. The number of carbonyl (C=O) groups excluding carboxylic acids is 1. The van der Waals surface area contributed by atoms with Crippen LogP contribution in [0.4, 0.5) is 0 Å². The molecule has 0 saturated heterocycles. The monoisotopic (exact) mass is 362 g/mol. The third-order valence-corrected chi connectivity index (χ3v) is 3.60. The van der Waals surface area contributed by atoms with Gasteiger partial charge in [-0.05, 0) is 24.3 Å². The average molecular weight is 364 g/mol. The summed E-state index contributed by atoms with van der Waals surface area (Å²) in [5.41, 5.74) is 1.88. The second-order valence-electron chi connectivity index (χ2n) is 4.28. The smallest absolute Gasteiger partial charge is 0.231 e. The maximum atomic E-state index is 12.3. The zero-order chi connectivity index (χ0) is 14.8. The van der Waals surface area contributed by atoms with Crippen molar-refractivity contribution in [3.63, 3.8) is 0 Å². The number of hydrogen-bond donors (Lipinski definition) is 0. The average Bonchev–Trinajstić information content (AvgIpc) is 2.97. The van der Waals surface area contributed by atoms with Gasteiger partial charge in [0.05, 0.1) is 0 Å². The highest BCUT2D eigenvalue weighted by molar-refractivity contribution is 9.10. The van der Waals surface area contributed by atoms with Crippen LogP contribution in [0.25, 0.3) is 11.3 Å². The summed E-state index contributed by atoms with van der Waals surface area (Å²) < 4.78 is 6.10. The maximum Gasteiger partial charge on any atom is 0.231 e. The van der Waals surface area contributed by atoms with Gasteiger partial charge in [0.2, 0.25) is 11.5 Å². The van der Waals surface area contributed by atoms with Crippen LogP contribution < -0.4 is 0 Å². The molecule has 0 bridgehead atoms. The highest BCUT2D eigenvalue weighted by atomic mass is 79.9. The molecule has 0 spiro atoms. The third kappa shape index (κ3) is 3.04. The molecule has 2 aromatic heterocycles. The van der Waals surface area contributed by atoms with Crippen LogP contribution in [0.1, 0.15) is 16.1 Å². The lowest BCUT2D eigenvalue weighted by Gasteiger charge is -1.96. The molecule has 1 aromatic carbocycles. The second kappa shape index (κ2) is 5.79. The zero-order valence-corrected chi connectivity index (χ0v) is 12.9. The van der Waals surface area contributed by atoms with Gasteiger partial charge >= 0.3 is 0 Å². The molecule has 3 rings (SSSR count). The van der Waals surface area contributed by atoms with Crippen molar-refractivity contribution in [2.45, 2.75) is 0 Å². The normalized spacial score (nSPS) is 10.6. The van der Waals surface area contributed by atoms with Gasteiger partial charge in [0.15, 0.2) is 0 Å². The van der Waals surface area contributed by atoms with Crippen molar-refractivity contribution in [1.82, 2.24) is 10.1 Å². The Balaban J connectivity index is 1.91. The molecule has 2 heterocycles. The molecule has 0 atom stereocenters. The Morgan fingerprint density at radius 2 is 1.90 bits per heavy atom. The van der Waals surface area contributed by atoms with Crippen molar-refractivity contribution in [3.8, 4) is 11.3 Å². The van der Waals surface area contributed by atoms with Crippen molar-refractivity contribution in [2.24, 2.45) is 0 Å². The molecule has 21 heavy (non-hydrogen) atoms. The number of rotatable bonds is 3. The molecular formula is C15H8BrClN2O2. The van der Waals surface area contributed by atoms with Crippen LogP contribution >= 0.6 is 27.5 Å². The predicted molar refractivity (Wildman–Crippen MR) is 82.3 cm³/mol. The number of pyridine rings is 1. The van der Waals surface area contributed by atoms with E-state index in [0.29, 0.717) is 11.3 Å². The van der Waals surface area contributed by atoms with Crippen LogP contribution in [0.5, 0.6) is 0 Å². The fourth-order valence-electron chi connectivity index (χ4n) is 1.82. The van der Waals surface area contributed by atoms with E-state index in [2.05, 4.69) is 26.1 Å². The molecular weight excluding hydrogens is 356 g/mol. The molecule has 0 fully saturated rings. The Bertz CT molecular complexity index is 799. The molecule has 0 saturated carbocycles. The molecule has 0 aliphatic heterocycles. The molecule has 6 heteroatoms. The summed E-state index contributed by atoms with van der Waals surface area (Å²) in [5.74, 6) is -0.120. The van der Waals surface area contributed by atoms with Crippen LogP contribution in [0.3, 0.4) is 0 Å². The first-order valence-corrected chi connectivity index (χ1v) is 7.19. The van der Waals surface area contributed by atoms with E-state index in [1.807, 2.05) is 24.3 Å². The summed E-state index contributed by atoms with van der Waals surface area (Å²) in [6.07, 6.45) is 1.47. The van der Waals surface area contributed by atoms with Crippen molar-refractivity contribution >= 4 is 33.3 Å². The van der Waals surface area contributed by atoms with Crippen LogP contribution in [-0.4, -0.2) is 15.9 Å². The summed E-state index contributed by atoms with van der Waals surface area (Å²) in [6.45, 7) is 0. The van der Waals surface area contributed by atoms with Crippen LogP contribution in [-0.2, 0) is 0 Å². The van der Waals surface area contributed by atoms with Gasteiger partial charge in [-0.1, -0.05) is 44.8 Å². The van der Waals surface area contributed by atoms with Crippen LogP contribution in [0.2, 0.25) is 5.15 Å². The largest absolute Gasteiger partial charge is 0.352 e. The fraction of sp³-hybridized carbons (Fsp3) is 0. The van der Waals surface area contributed by atoms with Crippen LogP contribution in [0.15, 0.2) is 57.7 Å². The number of carbonyl (C=O) groups is 1. The molecule has 0 unspecified atom stereocenters. The Labute approximate surface area is 133 Å². The molecule has 0 N–H and O–H groups in total. The van der Waals surface area contributed by atoms with E-state index >= 15 is 0 Å². The minimum absolute atomic E-state index is 0.162. The molecule has 0 radical (unpaired) electrons. The van der Waals surface area contributed by atoms with Crippen LogP contribution in [0, 0.1) is 0 Å². The number of benzene rings is 1. The highest BCUT2D eigenvalue weighted by Crippen LogP contribution is 2.23. The number of hydrogen-bond acceptors (Lipinski definition) is 4. The number of aromatic nitrogens is 2. The summed E-state index contributed by atoms with van der Waals surface area (Å²) in [7, 11) is 0. The van der Waals surface area contributed by atoms with E-state index < -0.39 is 0 Å². The summed E-state index contributed by atoms with van der Waals surface area (Å²) in [4.78, 5) is 16.1. The summed E-state index contributed by atoms with van der Waals surface area (Å²) in [6, 6.07) is 12.3. The molecule has 104 valence electrons. The molecule has 0 aliphatic carbocycles. The SMILES string of the molecule is O=C(c1ccnc(Cl)c1)c1cc(-c2ccc(Br)cc2)no1. The predicted octanol–water partition coefficient (Wildman–Crippen LogP) is 4.38. The Morgan fingerprint density at radius 3 is 2.62 bits per heavy atom. The van der Waals surface area contributed by atoms with E-state index in [1.165, 1.54) is 12.3 Å². The molecule has 0 amide bonds. The minimum atomic E-state index is -0.282. The van der Waals surface area contributed by atoms with E-state index in [4.69, 9.17) is 16.1 Å². The van der Waals surface area contributed by atoms with Gasteiger partial charge in [-0.25, -0.2) is 4.98 Å². The topological polar surface area (TPSA) is 56.0 Å². The lowest BCUT2D eigenvalue weighted by atomic mass is 10.1. The quantitative estimate of drug-likeness (QED) is 0.512. The third-order valence-electron chi connectivity index (χ3n) is 2.86. The molecule has 3 aromatic rings.